The molecule has 0 N–H and O–H groups in total. The van der Waals surface area contributed by atoms with Crippen LogP contribution in [0.1, 0.15) is 26.9 Å². The maximum Gasteiger partial charge on any atom is 0.338 e. The minimum absolute atomic E-state index is 0.0162. The number of hydrogen-bond acceptors (Lipinski definition) is 8. The van der Waals surface area contributed by atoms with Crippen LogP contribution in [0.3, 0.4) is 0 Å². The Hall–Kier alpha value is -3.60. The molecule has 12 heteroatoms. The molecule has 3 heterocycles. The van der Waals surface area contributed by atoms with Crippen molar-refractivity contribution >= 4 is 46.3 Å². The van der Waals surface area contributed by atoms with Gasteiger partial charge in [0, 0.05) is 0 Å². The van der Waals surface area contributed by atoms with Crippen molar-refractivity contribution < 1.29 is 28.2 Å². The summed E-state index contributed by atoms with van der Waals surface area (Å²) in [6, 6.07) is 16.4. The largest absolute Gasteiger partial charge is 0.459 e. The van der Waals surface area contributed by atoms with Crippen LogP contribution >= 0.6 is 23.2 Å². The standard InChI is InChI=1S/C24H17Cl2FN4O5/c25-19-17-20(30-24(26)29-19)31(12-28-17)21-16(27)18(36-23(33)14-9-5-2-6-10-14)15(35-21)11-34-22(32)13-7-3-1-4-8-13/h1-10,12,15-16,18,21H,11H2/t15-,16+,18-,21-/m0/s1. The Morgan fingerprint density at radius 2 is 1.61 bits per heavy atom. The van der Waals surface area contributed by atoms with Gasteiger partial charge in [-0.05, 0) is 35.9 Å². The van der Waals surface area contributed by atoms with E-state index in [1.54, 1.807) is 48.5 Å². The molecule has 2 aromatic carbocycles. The minimum Gasteiger partial charge on any atom is -0.459 e. The van der Waals surface area contributed by atoms with Crippen LogP contribution in [0.15, 0.2) is 67.0 Å². The van der Waals surface area contributed by atoms with Gasteiger partial charge < -0.3 is 14.2 Å². The van der Waals surface area contributed by atoms with Gasteiger partial charge in [0.05, 0.1) is 17.5 Å². The zero-order valence-corrected chi connectivity index (χ0v) is 19.8. The van der Waals surface area contributed by atoms with Crippen LogP contribution in [0.5, 0.6) is 0 Å². The molecule has 0 spiro atoms. The van der Waals surface area contributed by atoms with Crippen LogP contribution in [0.4, 0.5) is 4.39 Å². The smallest absolute Gasteiger partial charge is 0.338 e. The third-order valence-corrected chi connectivity index (χ3v) is 5.97. The number of rotatable bonds is 6. The number of hydrogen-bond donors (Lipinski definition) is 0. The van der Waals surface area contributed by atoms with Gasteiger partial charge in [-0.1, -0.05) is 48.0 Å². The molecule has 0 aliphatic carbocycles. The van der Waals surface area contributed by atoms with E-state index in [0.29, 0.717) is 5.56 Å². The second-order valence-corrected chi connectivity index (χ2v) is 8.51. The van der Waals surface area contributed by atoms with E-state index in [9.17, 15) is 9.59 Å². The lowest BCUT2D eigenvalue weighted by atomic mass is 10.1. The van der Waals surface area contributed by atoms with Crippen molar-refractivity contribution in [3.05, 3.63) is 88.6 Å². The molecule has 0 unspecified atom stereocenters. The molecule has 184 valence electrons. The molecular weight excluding hydrogens is 514 g/mol. The van der Waals surface area contributed by atoms with Gasteiger partial charge in [-0.2, -0.15) is 4.98 Å². The van der Waals surface area contributed by atoms with E-state index in [0.717, 1.165) is 0 Å². The van der Waals surface area contributed by atoms with E-state index in [-0.39, 0.29) is 33.8 Å². The van der Waals surface area contributed by atoms with E-state index in [1.165, 1.54) is 23.0 Å². The molecule has 0 radical (unpaired) electrons. The lowest BCUT2D eigenvalue weighted by molar-refractivity contribution is -0.0570. The summed E-state index contributed by atoms with van der Waals surface area (Å²) in [6.45, 7) is -0.374. The monoisotopic (exact) mass is 530 g/mol. The molecule has 1 aliphatic rings. The fourth-order valence-electron chi connectivity index (χ4n) is 3.82. The summed E-state index contributed by atoms with van der Waals surface area (Å²) in [5.41, 5.74) is 0.854. The molecule has 0 bridgehead atoms. The number of halogens is 3. The first-order chi connectivity index (χ1) is 17.4. The quantitative estimate of drug-likeness (QED) is 0.204. The summed E-state index contributed by atoms with van der Waals surface area (Å²) in [4.78, 5) is 37.2. The Balaban J connectivity index is 1.42. The highest BCUT2D eigenvalue weighted by molar-refractivity contribution is 6.35. The van der Waals surface area contributed by atoms with E-state index in [2.05, 4.69) is 15.0 Å². The number of carbonyl (C=O) groups is 2. The SMILES string of the molecule is O=C(OC[C@@H]1O[C@H](n2cnc3c(Cl)nc(Cl)nc32)[C@H](F)[C@H]1OC(=O)c1ccccc1)c1ccccc1. The molecular formula is C24H17Cl2FN4O5. The van der Waals surface area contributed by atoms with Crippen LogP contribution in [-0.4, -0.2) is 56.4 Å². The molecule has 1 saturated heterocycles. The average molecular weight is 531 g/mol. The van der Waals surface area contributed by atoms with Crippen molar-refractivity contribution in [2.24, 2.45) is 0 Å². The van der Waals surface area contributed by atoms with Crippen molar-refractivity contribution in [3.8, 4) is 0 Å². The number of imidazole rings is 1. The van der Waals surface area contributed by atoms with Gasteiger partial charge in [0.2, 0.25) is 5.28 Å². The van der Waals surface area contributed by atoms with Crippen LogP contribution < -0.4 is 0 Å². The first kappa shape index (κ1) is 24.1. The van der Waals surface area contributed by atoms with Gasteiger partial charge >= 0.3 is 11.9 Å². The molecule has 5 rings (SSSR count). The normalized spacial score (nSPS) is 21.4. The summed E-state index contributed by atoms with van der Waals surface area (Å²) in [5, 5.41) is -0.180. The van der Waals surface area contributed by atoms with Gasteiger partial charge in [0.25, 0.3) is 0 Å². The summed E-state index contributed by atoms with van der Waals surface area (Å²) in [5.74, 6) is -1.39. The summed E-state index contributed by atoms with van der Waals surface area (Å²) >= 11 is 12.0. The van der Waals surface area contributed by atoms with Gasteiger partial charge in [-0.3, -0.25) is 4.57 Å². The third-order valence-electron chi connectivity index (χ3n) is 5.53. The zero-order chi connectivity index (χ0) is 25.2. The van der Waals surface area contributed by atoms with Gasteiger partial charge in [-0.15, -0.1) is 0 Å². The van der Waals surface area contributed by atoms with Gasteiger partial charge in [0.15, 0.2) is 29.3 Å². The Morgan fingerprint density at radius 1 is 0.972 bits per heavy atom. The van der Waals surface area contributed by atoms with E-state index in [1.807, 2.05) is 0 Å². The van der Waals surface area contributed by atoms with Gasteiger partial charge in [0.1, 0.15) is 18.2 Å². The summed E-state index contributed by atoms with van der Waals surface area (Å²) in [7, 11) is 0. The second-order valence-electron chi connectivity index (χ2n) is 7.82. The number of aromatic nitrogens is 4. The lowest BCUT2D eigenvalue weighted by Gasteiger charge is -2.19. The van der Waals surface area contributed by atoms with Crippen LogP contribution in [0.2, 0.25) is 10.4 Å². The number of alkyl halides is 1. The maximum atomic E-state index is 15.8. The molecule has 0 saturated carbocycles. The molecule has 4 atom stereocenters. The predicted molar refractivity (Wildman–Crippen MR) is 127 cm³/mol. The highest BCUT2D eigenvalue weighted by Crippen LogP contribution is 2.37. The highest BCUT2D eigenvalue weighted by Gasteiger charge is 2.50. The Labute approximate surface area is 213 Å². The molecule has 1 fully saturated rings. The van der Waals surface area contributed by atoms with E-state index in [4.69, 9.17) is 37.4 Å². The zero-order valence-electron chi connectivity index (χ0n) is 18.3. The van der Waals surface area contributed by atoms with Crippen LogP contribution in [0, 0.1) is 0 Å². The fraction of sp³-hybridized carbons (Fsp3) is 0.208. The molecule has 9 nitrogen and oxygen atoms in total. The minimum atomic E-state index is -1.87. The topological polar surface area (TPSA) is 105 Å². The Kier molecular flexibility index (Phi) is 6.82. The average Bonchev–Trinajstić information content (AvgIpc) is 3.44. The molecule has 36 heavy (non-hydrogen) atoms. The summed E-state index contributed by atoms with van der Waals surface area (Å²) < 4.78 is 33.8. The number of ether oxygens (including phenoxy) is 3. The molecule has 4 aromatic rings. The number of fused-ring (bicyclic) bond motifs is 1. The van der Waals surface area contributed by atoms with Crippen molar-refractivity contribution in [2.45, 2.75) is 24.6 Å². The van der Waals surface area contributed by atoms with E-state index >= 15 is 4.39 Å². The maximum absolute atomic E-state index is 15.8. The molecule has 2 aromatic heterocycles. The Bertz CT molecular complexity index is 1410. The second kappa shape index (κ2) is 10.2. The number of nitrogens with zero attached hydrogens (tertiary/aromatic N) is 4. The Morgan fingerprint density at radius 3 is 2.28 bits per heavy atom. The predicted octanol–water partition coefficient (Wildman–Crippen LogP) is 4.45. The van der Waals surface area contributed by atoms with Crippen LogP contribution in [-0.2, 0) is 14.2 Å². The first-order valence-electron chi connectivity index (χ1n) is 10.8. The third kappa shape index (κ3) is 4.75. The number of esters is 2. The van der Waals surface area contributed by atoms with Crippen LogP contribution in [0.25, 0.3) is 11.2 Å². The number of carbonyl (C=O) groups excluding carboxylic acids is 2. The van der Waals surface area contributed by atoms with Crippen molar-refractivity contribution in [1.29, 1.82) is 0 Å². The highest BCUT2D eigenvalue weighted by atomic mass is 35.5. The van der Waals surface area contributed by atoms with Crippen molar-refractivity contribution in [1.82, 2.24) is 19.5 Å². The van der Waals surface area contributed by atoms with Gasteiger partial charge in [-0.25, -0.2) is 23.9 Å². The fourth-order valence-corrected chi connectivity index (χ4v) is 4.24. The molecule has 0 amide bonds. The lowest BCUT2D eigenvalue weighted by Crippen LogP contribution is -2.37. The van der Waals surface area contributed by atoms with E-state index < -0.39 is 36.5 Å². The van der Waals surface area contributed by atoms with Crippen molar-refractivity contribution in [3.63, 3.8) is 0 Å². The first-order valence-corrected chi connectivity index (χ1v) is 11.5. The van der Waals surface area contributed by atoms with Crippen molar-refractivity contribution in [2.75, 3.05) is 6.61 Å². The molecule has 1 aliphatic heterocycles. The summed E-state index contributed by atoms with van der Waals surface area (Å²) in [6.07, 6.45) is -4.46. The number of benzene rings is 2.